The minimum atomic E-state index is -0.244. The minimum Gasteiger partial charge on any atom is -0.474 e. The van der Waals surface area contributed by atoms with Gasteiger partial charge in [-0.25, -0.2) is 4.98 Å². The number of pyridine rings is 1. The van der Waals surface area contributed by atoms with Gasteiger partial charge in [0, 0.05) is 30.7 Å². The Kier molecular flexibility index (Phi) is 5.99. The SMILES string of the molecule is CC(C)Oc1ncc(C(=O)Nc2cccc(N3CCCCC3)c2)cc1Cl. The third-order valence-corrected chi connectivity index (χ3v) is 4.51. The molecule has 0 aliphatic carbocycles. The first-order chi connectivity index (χ1) is 12.5. The van der Waals surface area contributed by atoms with Gasteiger partial charge >= 0.3 is 0 Å². The number of nitrogens with zero attached hydrogens (tertiary/aromatic N) is 2. The summed E-state index contributed by atoms with van der Waals surface area (Å²) in [7, 11) is 0. The van der Waals surface area contributed by atoms with Gasteiger partial charge in [-0.3, -0.25) is 4.79 Å². The van der Waals surface area contributed by atoms with E-state index in [0.717, 1.165) is 24.5 Å². The highest BCUT2D eigenvalue weighted by atomic mass is 35.5. The van der Waals surface area contributed by atoms with Crippen molar-refractivity contribution < 1.29 is 9.53 Å². The van der Waals surface area contributed by atoms with Crippen LogP contribution in [0.1, 0.15) is 43.5 Å². The number of carbonyl (C=O) groups excluding carboxylic acids is 1. The molecule has 1 aliphatic heterocycles. The van der Waals surface area contributed by atoms with Crippen LogP contribution in [-0.2, 0) is 0 Å². The van der Waals surface area contributed by atoms with Crippen LogP contribution in [-0.4, -0.2) is 30.1 Å². The highest BCUT2D eigenvalue weighted by Crippen LogP contribution is 2.25. The maximum atomic E-state index is 12.5. The Morgan fingerprint density at radius 1 is 1.23 bits per heavy atom. The summed E-state index contributed by atoms with van der Waals surface area (Å²) in [6, 6.07) is 9.52. The number of hydrogen-bond acceptors (Lipinski definition) is 4. The molecule has 6 heteroatoms. The summed E-state index contributed by atoms with van der Waals surface area (Å²) in [5.41, 5.74) is 2.30. The number of ether oxygens (including phenoxy) is 1. The Labute approximate surface area is 159 Å². The van der Waals surface area contributed by atoms with Crippen LogP contribution < -0.4 is 15.0 Å². The van der Waals surface area contributed by atoms with Crippen molar-refractivity contribution in [2.75, 3.05) is 23.3 Å². The number of carbonyl (C=O) groups is 1. The average Bonchev–Trinajstić information content (AvgIpc) is 2.64. The van der Waals surface area contributed by atoms with E-state index in [1.807, 2.05) is 32.0 Å². The quantitative estimate of drug-likeness (QED) is 0.820. The number of halogens is 1. The van der Waals surface area contributed by atoms with Crippen molar-refractivity contribution >= 4 is 28.9 Å². The van der Waals surface area contributed by atoms with E-state index >= 15 is 0 Å². The third kappa shape index (κ3) is 4.67. The largest absolute Gasteiger partial charge is 0.474 e. The minimum absolute atomic E-state index is 0.0304. The van der Waals surface area contributed by atoms with Crippen LogP contribution in [0, 0.1) is 0 Å². The van der Waals surface area contributed by atoms with Crippen LogP contribution in [0.2, 0.25) is 5.02 Å². The second-order valence-corrected chi connectivity index (χ2v) is 7.14. The second kappa shape index (κ2) is 8.41. The molecule has 1 aromatic carbocycles. The summed E-state index contributed by atoms with van der Waals surface area (Å²) < 4.78 is 5.50. The molecule has 1 fully saturated rings. The molecule has 2 aromatic rings. The zero-order valence-corrected chi connectivity index (χ0v) is 15.9. The second-order valence-electron chi connectivity index (χ2n) is 6.73. The molecule has 0 spiro atoms. The fourth-order valence-electron chi connectivity index (χ4n) is 3.00. The zero-order chi connectivity index (χ0) is 18.5. The van der Waals surface area contributed by atoms with Crippen molar-refractivity contribution in [3.05, 3.63) is 47.1 Å². The van der Waals surface area contributed by atoms with Crippen molar-refractivity contribution in [3.63, 3.8) is 0 Å². The van der Waals surface area contributed by atoms with Crippen molar-refractivity contribution in [2.24, 2.45) is 0 Å². The Morgan fingerprint density at radius 3 is 2.69 bits per heavy atom. The number of rotatable bonds is 5. The number of benzene rings is 1. The van der Waals surface area contributed by atoms with Crippen LogP contribution in [0.25, 0.3) is 0 Å². The molecule has 0 saturated carbocycles. The molecule has 1 aromatic heterocycles. The molecule has 3 rings (SSSR count). The van der Waals surface area contributed by atoms with E-state index in [0.29, 0.717) is 16.5 Å². The first-order valence-corrected chi connectivity index (χ1v) is 9.39. The summed E-state index contributed by atoms with van der Waals surface area (Å²) in [6.45, 7) is 5.92. The fraction of sp³-hybridized carbons (Fsp3) is 0.400. The number of hydrogen-bond donors (Lipinski definition) is 1. The van der Waals surface area contributed by atoms with Crippen molar-refractivity contribution in [1.29, 1.82) is 0 Å². The van der Waals surface area contributed by atoms with E-state index in [2.05, 4.69) is 21.3 Å². The highest BCUT2D eigenvalue weighted by Gasteiger charge is 2.14. The Balaban J connectivity index is 1.70. The summed E-state index contributed by atoms with van der Waals surface area (Å²) in [4.78, 5) is 19.0. The van der Waals surface area contributed by atoms with Crippen LogP contribution >= 0.6 is 11.6 Å². The monoisotopic (exact) mass is 373 g/mol. The molecular weight excluding hydrogens is 350 g/mol. The van der Waals surface area contributed by atoms with E-state index in [9.17, 15) is 4.79 Å². The lowest BCUT2D eigenvalue weighted by atomic mass is 10.1. The molecule has 1 saturated heterocycles. The first kappa shape index (κ1) is 18.5. The predicted molar refractivity (Wildman–Crippen MR) is 105 cm³/mol. The molecule has 5 nitrogen and oxygen atoms in total. The van der Waals surface area contributed by atoms with Gasteiger partial charge in [0.1, 0.15) is 5.02 Å². The van der Waals surface area contributed by atoms with Gasteiger partial charge in [0.15, 0.2) is 0 Å². The van der Waals surface area contributed by atoms with E-state index < -0.39 is 0 Å². The lowest BCUT2D eigenvalue weighted by Crippen LogP contribution is -2.29. The van der Waals surface area contributed by atoms with Crippen LogP contribution in [0.4, 0.5) is 11.4 Å². The summed E-state index contributed by atoms with van der Waals surface area (Å²) in [5, 5.41) is 3.25. The van der Waals surface area contributed by atoms with Gasteiger partial charge in [-0.2, -0.15) is 0 Å². The molecule has 0 radical (unpaired) electrons. The molecule has 0 atom stereocenters. The molecule has 138 valence electrons. The lowest BCUT2D eigenvalue weighted by molar-refractivity contribution is 0.102. The summed E-state index contributed by atoms with van der Waals surface area (Å²) in [5.74, 6) is 0.0941. The Morgan fingerprint density at radius 2 is 2.00 bits per heavy atom. The van der Waals surface area contributed by atoms with Gasteiger partial charge < -0.3 is 15.0 Å². The first-order valence-electron chi connectivity index (χ1n) is 9.01. The predicted octanol–water partition coefficient (Wildman–Crippen LogP) is 4.76. The fourth-order valence-corrected chi connectivity index (χ4v) is 3.21. The summed E-state index contributed by atoms with van der Waals surface area (Å²) >= 11 is 6.17. The van der Waals surface area contributed by atoms with Crippen molar-refractivity contribution in [1.82, 2.24) is 4.98 Å². The smallest absolute Gasteiger partial charge is 0.257 e. The molecule has 1 aliphatic rings. The normalized spacial score (nSPS) is 14.4. The van der Waals surface area contributed by atoms with Gasteiger partial charge in [0.05, 0.1) is 11.7 Å². The van der Waals surface area contributed by atoms with Crippen molar-refractivity contribution in [2.45, 2.75) is 39.2 Å². The van der Waals surface area contributed by atoms with Gasteiger partial charge in [0.2, 0.25) is 5.88 Å². The molecule has 0 bridgehead atoms. The molecule has 1 N–H and O–H groups in total. The van der Waals surface area contributed by atoms with E-state index in [1.165, 1.54) is 25.5 Å². The number of amides is 1. The van der Waals surface area contributed by atoms with Gasteiger partial charge in [-0.1, -0.05) is 17.7 Å². The topological polar surface area (TPSA) is 54.5 Å². The van der Waals surface area contributed by atoms with E-state index in [4.69, 9.17) is 16.3 Å². The highest BCUT2D eigenvalue weighted by molar-refractivity contribution is 6.32. The third-order valence-electron chi connectivity index (χ3n) is 4.24. The lowest BCUT2D eigenvalue weighted by Gasteiger charge is -2.29. The van der Waals surface area contributed by atoms with Gasteiger partial charge in [0.25, 0.3) is 5.91 Å². The van der Waals surface area contributed by atoms with Gasteiger partial charge in [-0.15, -0.1) is 0 Å². The zero-order valence-electron chi connectivity index (χ0n) is 15.2. The number of piperidine rings is 1. The Bertz CT molecular complexity index is 773. The molecule has 1 amide bonds. The van der Waals surface area contributed by atoms with Crippen LogP contribution in [0.5, 0.6) is 5.88 Å². The summed E-state index contributed by atoms with van der Waals surface area (Å²) in [6.07, 6.45) is 5.17. The maximum Gasteiger partial charge on any atom is 0.257 e. The van der Waals surface area contributed by atoms with E-state index in [-0.39, 0.29) is 12.0 Å². The van der Waals surface area contributed by atoms with Crippen LogP contribution in [0.15, 0.2) is 36.5 Å². The van der Waals surface area contributed by atoms with Crippen molar-refractivity contribution in [3.8, 4) is 5.88 Å². The molecule has 0 unspecified atom stereocenters. The Hall–Kier alpha value is -2.27. The molecular formula is C20H24ClN3O2. The average molecular weight is 374 g/mol. The number of aromatic nitrogens is 1. The molecule has 26 heavy (non-hydrogen) atoms. The molecule has 2 heterocycles. The van der Waals surface area contributed by atoms with Gasteiger partial charge in [-0.05, 0) is 57.4 Å². The maximum absolute atomic E-state index is 12.5. The van der Waals surface area contributed by atoms with Crippen LogP contribution in [0.3, 0.4) is 0 Å². The van der Waals surface area contributed by atoms with E-state index in [1.54, 1.807) is 6.07 Å². The number of anilines is 2. The standard InChI is InChI=1S/C20H24ClN3O2/c1-14(2)26-20-18(21)11-15(13-22-20)19(25)23-16-7-6-8-17(12-16)24-9-4-3-5-10-24/h6-8,11-14H,3-5,9-10H2,1-2H3,(H,23,25). The number of nitrogens with one attached hydrogen (secondary N) is 1.